The lowest BCUT2D eigenvalue weighted by atomic mass is 10.2. The predicted octanol–water partition coefficient (Wildman–Crippen LogP) is 3.67. The molecule has 1 atom stereocenters. The van der Waals surface area contributed by atoms with Gasteiger partial charge in [0.1, 0.15) is 11.3 Å². The van der Waals surface area contributed by atoms with Gasteiger partial charge in [0.25, 0.3) is 0 Å². The Balaban J connectivity index is 1.94. The van der Waals surface area contributed by atoms with Crippen LogP contribution in [-0.4, -0.2) is 35.0 Å². The summed E-state index contributed by atoms with van der Waals surface area (Å²) >= 11 is 0. The average molecular weight is 412 g/mol. The van der Waals surface area contributed by atoms with Crippen molar-refractivity contribution in [1.82, 2.24) is 24.7 Å². The summed E-state index contributed by atoms with van der Waals surface area (Å²) in [6.45, 7) is 1.58. The molecule has 4 rings (SSSR count). The van der Waals surface area contributed by atoms with Gasteiger partial charge in [-0.25, -0.2) is 9.97 Å². The topological polar surface area (TPSA) is 93.8 Å². The Morgan fingerprint density at radius 1 is 1.25 bits per heavy atom. The van der Waals surface area contributed by atoms with Crippen molar-refractivity contribution in [2.75, 3.05) is 5.75 Å². The molecule has 1 aliphatic carbocycles. The highest BCUT2D eigenvalue weighted by atomic mass is 32.3. The minimum atomic E-state index is -4.64. The number of aromatic nitrogens is 5. The van der Waals surface area contributed by atoms with Crippen LogP contribution in [0.5, 0.6) is 0 Å². The van der Waals surface area contributed by atoms with Crippen LogP contribution in [0.4, 0.5) is 13.2 Å². The van der Waals surface area contributed by atoms with Crippen molar-refractivity contribution < 1.29 is 21.9 Å². The monoisotopic (exact) mass is 412 g/mol. The summed E-state index contributed by atoms with van der Waals surface area (Å²) in [4.78, 5) is 8.91. The van der Waals surface area contributed by atoms with Crippen molar-refractivity contribution in [3.8, 4) is 11.5 Å². The Hall–Kier alpha value is -2.40. The van der Waals surface area contributed by atoms with E-state index < -0.39 is 22.1 Å². The first kappa shape index (κ1) is 18.9. The van der Waals surface area contributed by atoms with Crippen LogP contribution in [0.1, 0.15) is 37.1 Å². The molecule has 3 aromatic rings. The van der Waals surface area contributed by atoms with Gasteiger partial charge in [0.2, 0.25) is 15.1 Å². The number of fused-ring (bicyclic) bond motifs is 1. The molecule has 0 radical (unpaired) electrons. The van der Waals surface area contributed by atoms with Crippen LogP contribution in [-0.2, 0) is 27.6 Å². The van der Waals surface area contributed by atoms with Crippen molar-refractivity contribution >= 4 is 21.4 Å². The molecule has 0 aliphatic heterocycles. The minimum absolute atomic E-state index is 0.00895. The number of imidazole rings is 1. The quantitative estimate of drug-likeness (QED) is 0.657. The third-order valence-electron chi connectivity index (χ3n) is 4.73. The lowest BCUT2D eigenvalue weighted by Crippen LogP contribution is -2.16. The molecule has 1 unspecified atom stereocenters. The Bertz CT molecular complexity index is 1120. The first-order chi connectivity index (χ1) is 13.1. The van der Waals surface area contributed by atoms with Crippen molar-refractivity contribution in [3.63, 3.8) is 0 Å². The smallest absolute Gasteiger partial charge is 0.309 e. The van der Waals surface area contributed by atoms with Gasteiger partial charge < -0.3 is 4.57 Å². The highest BCUT2D eigenvalue weighted by molar-refractivity contribution is 7.97. The molecule has 0 saturated heterocycles. The van der Waals surface area contributed by atoms with Gasteiger partial charge in [0, 0.05) is 30.8 Å². The van der Waals surface area contributed by atoms with E-state index in [1.807, 2.05) is 0 Å². The lowest BCUT2D eigenvalue weighted by molar-refractivity contribution is -0.141. The van der Waals surface area contributed by atoms with E-state index in [-0.39, 0.29) is 39.2 Å². The zero-order valence-electron chi connectivity index (χ0n) is 15.1. The maximum atomic E-state index is 12.9. The molecule has 1 aliphatic rings. The van der Waals surface area contributed by atoms with E-state index in [0.29, 0.717) is 0 Å². The summed E-state index contributed by atoms with van der Waals surface area (Å²) in [6.07, 6.45) is -2.68. The van der Waals surface area contributed by atoms with Gasteiger partial charge in [-0.2, -0.15) is 17.7 Å². The van der Waals surface area contributed by atoms with E-state index in [0.717, 1.165) is 24.6 Å². The van der Waals surface area contributed by atoms with Crippen LogP contribution in [0.2, 0.25) is 0 Å². The zero-order valence-corrected chi connectivity index (χ0v) is 15.9. The summed E-state index contributed by atoms with van der Waals surface area (Å²) in [6, 6.07) is 4.10. The number of halogens is 3. The van der Waals surface area contributed by atoms with Crippen molar-refractivity contribution in [2.24, 2.45) is 7.05 Å². The number of rotatable bonds is 4. The maximum Gasteiger partial charge on any atom is 0.435 e. The normalized spacial score (nSPS) is 17.1. The second kappa shape index (κ2) is 6.31. The molecule has 7 nitrogen and oxygen atoms in total. The van der Waals surface area contributed by atoms with Crippen LogP contribution in [0.15, 0.2) is 23.1 Å². The first-order valence-corrected chi connectivity index (χ1v) is 10.3. The molecular weight excluding hydrogens is 395 g/mol. The van der Waals surface area contributed by atoms with Gasteiger partial charge in [-0.15, -0.1) is 10.2 Å². The van der Waals surface area contributed by atoms with Gasteiger partial charge in [-0.1, -0.05) is 4.21 Å². The highest BCUT2D eigenvalue weighted by Gasteiger charge is 2.37. The Labute approximate surface area is 159 Å². The maximum absolute atomic E-state index is 12.9. The fraction of sp³-hybridized carbons (Fsp3) is 0.412. The average Bonchev–Trinajstić information content (AvgIpc) is 3.44. The van der Waals surface area contributed by atoms with Gasteiger partial charge in [0.05, 0.1) is 0 Å². The molecule has 0 aromatic carbocycles. The molecule has 1 N–H and O–H groups in total. The second-order valence-corrected chi connectivity index (χ2v) is 9.01. The number of alkyl halides is 3. The van der Waals surface area contributed by atoms with E-state index in [2.05, 4.69) is 20.2 Å². The van der Waals surface area contributed by atoms with E-state index in [1.54, 1.807) is 26.1 Å². The predicted molar refractivity (Wildman–Crippen MR) is 96.0 cm³/mol. The minimum Gasteiger partial charge on any atom is -0.309 e. The Morgan fingerprint density at radius 3 is 2.57 bits per heavy atom. The summed E-state index contributed by atoms with van der Waals surface area (Å²) in [5, 5.41) is 6.87. The number of hydrogen-bond acceptors (Lipinski definition) is 5. The zero-order chi connectivity index (χ0) is 20.3. The summed E-state index contributed by atoms with van der Waals surface area (Å²) in [5.74, 6) is 0.443. The highest BCUT2D eigenvalue weighted by Crippen LogP contribution is 2.41. The summed E-state index contributed by atoms with van der Waals surface area (Å²) in [7, 11) is -1.80. The van der Waals surface area contributed by atoms with Gasteiger partial charge >= 0.3 is 6.18 Å². The largest absolute Gasteiger partial charge is 0.435 e. The van der Waals surface area contributed by atoms with Gasteiger partial charge in [-0.3, -0.25) is 0 Å². The fourth-order valence-corrected chi connectivity index (χ4v) is 4.01. The third kappa shape index (κ3) is 3.18. The number of pyridine rings is 1. The molecular formula is C17H17F3N5O2S+. The van der Waals surface area contributed by atoms with Crippen molar-refractivity contribution in [2.45, 2.75) is 36.8 Å². The molecule has 3 heterocycles. The fourth-order valence-electron chi connectivity index (χ4n) is 2.98. The SMILES string of the molecule is CC[S+](=O)(O)c1ccc(C2CC2)nc1-c1nc2cc(C(F)(F)F)nnc2n1C. The molecule has 0 spiro atoms. The van der Waals surface area contributed by atoms with E-state index in [9.17, 15) is 21.9 Å². The standard InChI is InChI=1S/C17H16F3N5O2S/c1-3-28(26,27)12-7-6-10(9-4-5-9)21-14(12)16-22-11-8-13(17(18,19)20)23-24-15(11)25(16)2/h6-9H,3-5H2,1-2H3/p+1. The third-order valence-corrected chi connectivity index (χ3v) is 6.53. The van der Waals surface area contributed by atoms with Crippen LogP contribution in [0, 0.1) is 0 Å². The molecule has 148 valence electrons. The molecule has 1 saturated carbocycles. The van der Waals surface area contributed by atoms with E-state index in [4.69, 9.17) is 0 Å². The molecule has 3 aromatic heterocycles. The van der Waals surface area contributed by atoms with Crippen molar-refractivity contribution in [1.29, 1.82) is 0 Å². The Kier molecular flexibility index (Phi) is 4.27. The van der Waals surface area contributed by atoms with Crippen molar-refractivity contribution in [3.05, 3.63) is 29.6 Å². The van der Waals surface area contributed by atoms with Crippen LogP contribution in [0.25, 0.3) is 22.7 Å². The molecule has 0 amide bonds. The number of aryl methyl sites for hydroxylation is 1. The number of nitrogens with zero attached hydrogens (tertiary/aromatic N) is 5. The van der Waals surface area contributed by atoms with Gasteiger partial charge in [-0.05, 0) is 25.8 Å². The molecule has 28 heavy (non-hydrogen) atoms. The first-order valence-electron chi connectivity index (χ1n) is 8.65. The van der Waals surface area contributed by atoms with Crippen LogP contribution >= 0.6 is 0 Å². The lowest BCUT2D eigenvalue weighted by Gasteiger charge is -2.09. The summed E-state index contributed by atoms with van der Waals surface area (Å²) < 4.78 is 63.3. The summed E-state index contributed by atoms with van der Waals surface area (Å²) in [5.41, 5.74) is -0.0603. The van der Waals surface area contributed by atoms with E-state index in [1.165, 1.54) is 4.57 Å². The second-order valence-electron chi connectivity index (χ2n) is 6.72. The van der Waals surface area contributed by atoms with Crippen LogP contribution in [0.3, 0.4) is 0 Å². The number of hydrogen-bond donors (Lipinski definition) is 1. The van der Waals surface area contributed by atoms with Gasteiger partial charge in [0.15, 0.2) is 22.9 Å². The van der Waals surface area contributed by atoms with Crippen LogP contribution < -0.4 is 0 Å². The molecule has 1 fully saturated rings. The molecule has 11 heteroatoms. The molecule has 0 bridgehead atoms. The van der Waals surface area contributed by atoms with E-state index >= 15 is 0 Å². The Morgan fingerprint density at radius 2 is 1.96 bits per heavy atom.